The van der Waals surface area contributed by atoms with Crippen molar-refractivity contribution in [2.75, 3.05) is 14.2 Å². The Morgan fingerprint density at radius 2 is 1.80 bits per heavy atom. The molecule has 15 heavy (non-hydrogen) atoms. The molecule has 0 aliphatic heterocycles. The molecular formula is C8H11ClO5S. The number of hydrogen-bond acceptors (Lipinski definition) is 4. The van der Waals surface area contributed by atoms with Gasteiger partial charge in [0.15, 0.2) is 11.5 Å². The lowest BCUT2D eigenvalue weighted by Gasteiger charge is -2.09. The van der Waals surface area contributed by atoms with E-state index in [0.29, 0.717) is 0 Å². The van der Waals surface area contributed by atoms with Gasteiger partial charge in [0.25, 0.3) is 10.1 Å². The summed E-state index contributed by atoms with van der Waals surface area (Å²) in [5.41, 5.74) is 0. The zero-order valence-corrected chi connectivity index (χ0v) is 9.76. The van der Waals surface area contributed by atoms with Gasteiger partial charge in [-0.05, 0) is 12.1 Å². The van der Waals surface area contributed by atoms with Gasteiger partial charge in [-0.3, -0.25) is 4.55 Å². The largest absolute Gasteiger partial charge is 0.493 e. The van der Waals surface area contributed by atoms with Gasteiger partial charge in [-0.2, -0.15) is 8.42 Å². The molecule has 0 amide bonds. The fourth-order valence-corrected chi connectivity index (χ4v) is 1.73. The minimum absolute atomic E-state index is 0. The number of halogens is 1. The van der Waals surface area contributed by atoms with Crippen LogP contribution in [0.1, 0.15) is 0 Å². The first kappa shape index (κ1) is 14.0. The van der Waals surface area contributed by atoms with Gasteiger partial charge in [0.05, 0.1) is 14.2 Å². The average Bonchev–Trinajstić information content (AvgIpc) is 2.15. The minimum atomic E-state index is -4.28. The van der Waals surface area contributed by atoms with Crippen LogP contribution in [0.15, 0.2) is 23.1 Å². The Balaban J connectivity index is 0.00000196. The Morgan fingerprint density at radius 1 is 1.20 bits per heavy atom. The van der Waals surface area contributed by atoms with E-state index in [1.165, 1.54) is 32.4 Å². The number of para-hydroxylation sites is 1. The van der Waals surface area contributed by atoms with Crippen LogP contribution in [0.5, 0.6) is 11.5 Å². The van der Waals surface area contributed by atoms with Crippen LogP contribution in [0.2, 0.25) is 0 Å². The maximum atomic E-state index is 10.9. The lowest BCUT2D eigenvalue weighted by molar-refractivity contribution is 0.344. The summed E-state index contributed by atoms with van der Waals surface area (Å²) < 4.78 is 40.4. The van der Waals surface area contributed by atoms with Crippen molar-refractivity contribution in [3.05, 3.63) is 18.2 Å². The first-order valence-electron chi connectivity index (χ1n) is 3.69. The molecule has 0 aliphatic rings. The SMILES string of the molecule is COc1cccc(S(=O)(=O)O)c1OC.Cl. The number of ether oxygens (including phenoxy) is 2. The third-order valence-electron chi connectivity index (χ3n) is 1.64. The molecule has 0 aliphatic carbocycles. The molecule has 1 aromatic rings. The van der Waals surface area contributed by atoms with E-state index < -0.39 is 10.1 Å². The lowest BCUT2D eigenvalue weighted by Crippen LogP contribution is -2.02. The van der Waals surface area contributed by atoms with Gasteiger partial charge in [-0.1, -0.05) is 6.07 Å². The molecule has 1 N–H and O–H groups in total. The molecule has 86 valence electrons. The zero-order chi connectivity index (χ0) is 10.8. The van der Waals surface area contributed by atoms with Crippen molar-refractivity contribution in [2.45, 2.75) is 4.90 Å². The first-order chi connectivity index (χ1) is 6.50. The molecule has 0 radical (unpaired) electrons. The van der Waals surface area contributed by atoms with E-state index in [2.05, 4.69) is 0 Å². The quantitative estimate of drug-likeness (QED) is 0.825. The fourth-order valence-electron chi connectivity index (χ4n) is 1.06. The van der Waals surface area contributed by atoms with Gasteiger partial charge in [-0.25, -0.2) is 0 Å². The van der Waals surface area contributed by atoms with Crippen LogP contribution in [0.4, 0.5) is 0 Å². The summed E-state index contributed by atoms with van der Waals surface area (Å²) in [5.74, 6) is 0.250. The second-order valence-electron chi connectivity index (χ2n) is 2.47. The van der Waals surface area contributed by atoms with Gasteiger partial charge in [0, 0.05) is 0 Å². The monoisotopic (exact) mass is 254 g/mol. The van der Waals surface area contributed by atoms with E-state index in [-0.39, 0.29) is 28.8 Å². The highest BCUT2D eigenvalue weighted by atomic mass is 35.5. The maximum Gasteiger partial charge on any atom is 0.298 e. The zero-order valence-electron chi connectivity index (χ0n) is 8.13. The average molecular weight is 255 g/mol. The third-order valence-corrected chi connectivity index (χ3v) is 2.52. The molecule has 0 bridgehead atoms. The maximum absolute atomic E-state index is 10.9. The molecule has 7 heteroatoms. The topological polar surface area (TPSA) is 72.8 Å². The molecule has 0 aromatic heterocycles. The number of benzene rings is 1. The van der Waals surface area contributed by atoms with Crippen molar-refractivity contribution in [2.24, 2.45) is 0 Å². The van der Waals surface area contributed by atoms with Crippen LogP contribution in [-0.2, 0) is 10.1 Å². The third kappa shape index (κ3) is 2.98. The molecule has 0 fully saturated rings. The lowest BCUT2D eigenvalue weighted by atomic mass is 10.3. The Kier molecular flexibility index (Phi) is 4.86. The predicted molar refractivity (Wildman–Crippen MR) is 56.6 cm³/mol. The highest BCUT2D eigenvalue weighted by Crippen LogP contribution is 2.33. The van der Waals surface area contributed by atoms with Crippen LogP contribution >= 0.6 is 12.4 Å². The molecule has 1 rings (SSSR count). The molecule has 1 aromatic carbocycles. The first-order valence-corrected chi connectivity index (χ1v) is 5.13. The summed E-state index contributed by atoms with van der Waals surface area (Å²) in [7, 11) is -1.60. The number of methoxy groups -OCH3 is 2. The second-order valence-corrected chi connectivity index (χ2v) is 3.86. The highest BCUT2D eigenvalue weighted by molar-refractivity contribution is 7.86. The fraction of sp³-hybridized carbons (Fsp3) is 0.250. The molecule has 0 unspecified atom stereocenters. The Bertz CT molecular complexity index is 429. The van der Waals surface area contributed by atoms with E-state index in [1.54, 1.807) is 0 Å². The molecular weight excluding hydrogens is 244 g/mol. The van der Waals surface area contributed by atoms with Crippen molar-refractivity contribution >= 4 is 22.5 Å². The molecule has 0 atom stereocenters. The number of rotatable bonds is 3. The van der Waals surface area contributed by atoms with Gasteiger partial charge in [0.1, 0.15) is 4.90 Å². The molecule has 5 nitrogen and oxygen atoms in total. The van der Waals surface area contributed by atoms with Crippen molar-refractivity contribution in [3.8, 4) is 11.5 Å². The van der Waals surface area contributed by atoms with E-state index in [9.17, 15) is 8.42 Å². The summed E-state index contributed by atoms with van der Waals surface area (Å²) in [6.07, 6.45) is 0. The van der Waals surface area contributed by atoms with E-state index in [0.717, 1.165) is 0 Å². The minimum Gasteiger partial charge on any atom is -0.493 e. The van der Waals surface area contributed by atoms with E-state index >= 15 is 0 Å². The normalized spacial score (nSPS) is 10.3. The highest BCUT2D eigenvalue weighted by Gasteiger charge is 2.19. The second kappa shape index (κ2) is 5.20. The van der Waals surface area contributed by atoms with Crippen molar-refractivity contribution in [1.82, 2.24) is 0 Å². The standard InChI is InChI=1S/C8H10O5S.ClH/c1-12-6-4-3-5-7(8(6)13-2)14(9,10)11;/h3-5H,1-2H3,(H,9,10,11);1H. The molecule has 0 spiro atoms. The summed E-state index contributed by atoms with van der Waals surface area (Å²) in [6.45, 7) is 0. The van der Waals surface area contributed by atoms with E-state index in [4.69, 9.17) is 14.0 Å². The summed E-state index contributed by atoms with van der Waals surface area (Å²) in [4.78, 5) is -0.306. The molecule has 0 saturated heterocycles. The van der Waals surface area contributed by atoms with Crippen LogP contribution in [0.3, 0.4) is 0 Å². The summed E-state index contributed by atoms with van der Waals surface area (Å²) in [5, 5.41) is 0. The van der Waals surface area contributed by atoms with Crippen molar-refractivity contribution in [3.63, 3.8) is 0 Å². The number of hydrogen-bond donors (Lipinski definition) is 1. The van der Waals surface area contributed by atoms with Gasteiger partial charge >= 0.3 is 0 Å². The van der Waals surface area contributed by atoms with Crippen LogP contribution in [0.25, 0.3) is 0 Å². The Morgan fingerprint density at radius 3 is 2.20 bits per heavy atom. The van der Waals surface area contributed by atoms with Crippen LogP contribution in [-0.4, -0.2) is 27.2 Å². The summed E-state index contributed by atoms with van der Waals surface area (Å²) >= 11 is 0. The molecule has 0 saturated carbocycles. The smallest absolute Gasteiger partial charge is 0.298 e. The Labute approximate surface area is 94.2 Å². The van der Waals surface area contributed by atoms with Gasteiger partial charge < -0.3 is 9.47 Å². The summed E-state index contributed by atoms with van der Waals surface area (Å²) in [6, 6.07) is 4.22. The van der Waals surface area contributed by atoms with Crippen LogP contribution in [0, 0.1) is 0 Å². The van der Waals surface area contributed by atoms with Crippen LogP contribution < -0.4 is 9.47 Å². The van der Waals surface area contributed by atoms with E-state index in [1.807, 2.05) is 0 Å². The molecule has 0 heterocycles. The van der Waals surface area contributed by atoms with Crippen molar-refractivity contribution < 1.29 is 22.4 Å². The van der Waals surface area contributed by atoms with Gasteiger partial charge in [0.2, 0.25) is 0 Å². The van der Waals surface area contributed by atoms with Gasteiger partial charge in [-0.15, -0.1) is 12.4 Å². The Hall–Kier alpha value is -0.980. The predicted octanol–water partition coefficient (Wildman–Crippen LogP) is 1.37. The van der Waals surface area contributed by atoms with Crippen molar-refractivity contribution in [1.29, 1.82) is 0 Å².